The highest BCUT2D eigenvalue weighted by atomic mass is 35.5. The first-order valence-electron chi connectivity index (χ1n) is 7.94. The first-order valence-corrected chi connectivity index (χ1v) is 8.31. The van der Waals surface area contributed by atoms with E-state index in [1.54, 1.807) is 0 Å². The molecule has 0 aromatic heterocycles. The highest BCUT2D eigenvalue weighted by Gasteiger charge is 2.40. The Kier molecular flexibility index (Phi) is 4.85. The minimum absolute atomic E-state index is 0.256. The summed E-state index contributed by atoms with van der Waals surface area (Å²) >= 11 is 6.04. The van der Waals surface area contributed by atoms with Gasteiger partial charge in [0.1, 0.15) is 0 Å². The predicted octanol–water partition coefficient (Wildman–Crippen LogP) is 3.55. The van der Waals surface area contributed by atoms with Crippen LogP contribution < -0.4 is 5.32 Å². The molecular formula is C17H24ClNO2. The molecule has 1 aliphatic carbocycles. The lowest BCUT2D eigenvalue weighted by atomic mass is 9.89. The molecule has 0 amide bonds. The minimum Gasteiger partial charge on any atom is -0.348 e. The molecule has 1 saturated carbocycles. The van der Waals surface area contributed by atoms with E-state index in [0.29, 0.717) is 12.1 Å². The van der Waals surface area contributed by atoms with E-state index in [-0.39, 0.29) is 5.79 Å². The second-order valence-electron chi connectivity index (χ2n) is 6.28. The van der Waals surface area contributed by atoms with Crippen LogP contribution in [0.2, 0.25) is 5.02 Å². The molecule has 1 N–H and O–H groups in total. The molecule has 4 heteroatoms. The van der Waals surface area contributed by atoms with E-state index < -0.39 is 0 Å². The van der Waals surface area contributed by atoms with Crippen LogP contribution in [0, 0.1) is 0 Å². The maximum atomic E-state index is 6.04. The number of hydrogen-bond acceptors (Lipinski definition) is 3. The Morgan fingerprint density at radius 1 is 1.29 bits per heavy atom. The van der Waals surface area contributed by atoms with Gasteiger partial charge in [-0.2, -0.15) is 0 Å². The fourth-order valence-electron chi connectivity index (χ4n) is 3.49. The molecule has 1 heterocycles. The van der Waals surface area contributed by atoms with Gasteiger partial charge in [-0.15, -0.1) is 0 Å². The SMILES string of the molecule is CC(Cc1cccc(Cl)c1)NC1CCC2(CC1)OCCO2. The molecule has 116 valence electrons. The van der Waals surface area contributed by atoms with Crippen molar-refractivity contribution in [3.05, 3.63) is 34.9 Å². The van der Waals surface area contributed by atoms with Gasteiger partial charge >= 0.3 is 0 Å². The lowest BCUT2D eigenvalue weighted by Crippen LogP contribution is -2.45. The molecule has 0 radical (unpaired) electrons. The first kappa shape index (κ1) is 15.3. The Morgan fingerprint density at radius 3 is 2.67 bits per heavy atom. The topological polar surface area (TPSA) is 30.5 Å². The minimum atomic E-state index is -0.256. The summed E-state index contributed by atoms with van der Waals surface area (Å²) in [5.41, 5.74) is 1.29. The molecule has 1 spiro atoms. The van der Waals surface area contributed by atoms with Crippen LogP contribution in [-0.4, -0.2) is 31.1 Å². The van der Waals surface area contributed by atoms with E-state index in [1.165, 1.54) is 5.56 Å². The van der Waals surface area contributed by atoms with Gasteiger partial charge in [-0.25, -0.2) is 0 Å². The van der Waals surface area contributed by atoms with Crippen LogP contribution in [0.25, 0.3) is 0 Å². The van der Waals surface area contributed by atoms with Gasteiger partial charge in [0.25, 0.3) is 0 Å². The van der Waals surface area contributed by atoms with Crippen molar-refractivity contribution in [2.75, 3.05) is 13.2 Å². The molecule has 2 aliphatic rings. The van der Waals surface area contributed by atoms with Crippen molar-refractivity contribution in [3.8, 4) is 0 Å². The van der Waals surface area contributed by atoms with Crippen LogP contribution >= 0.6 is 11.6 Å². The Labute approximate surface area is 132 Å². The van der Waals surface area contributed by atoms with E-state index in [1.807, 2.05) is 12.1 Å². The summed E-state index contributed by atoms with van der Waals surface area (Å²) in [6.07, 6.45) is 5.28. The maximum Gasteiger partial charge on any atom is 0.168 e. The van der Waals surface area contributed by atoms with Crippen molar-refractivity contribution in [2.45, 2.75) is 56.9 Å². The number of halogens is 1. The van der Waals surface area contributed by atoms with E-state index in [4.69, 9.17) is 21.1 Å². The molecule has 3 rings (SSSR count). The maximum absolute atomic E-state index is 6.04. The Balaban J connectivity index is 1.46. The molecule has 21 heavy (non-hydrogen) atoms. The summed E-state index contributed by atoms with van der Waals surface area (Å²) in [5, 5.41) is 4.55. The molecule has 1 atom stereocenters. The molecular weight excluding hydrogens is 286 g/mol. The number of ether oxygens (including phenoxy) is 2. The van der Waals surface area contributed by atoms with Gasteiger partial charge in [-0.1, -0.05) is 23.7 Å². The van der Waals surface area contributed by atoms with Gasteiger partial charge in [0.15, 0.2) is 5.79 Å². The van der Waals surface area contributed by atoms with Crippen LogP contribution in [0.15, 0.2) is 24.3 Å². The van der Waals surface area contributed by atoms with Crippen LogP contribution in [0.4, 0.5) is 0 Å². The smallest absolute Gasteiger partial charge is 0.168 e. The molecule has 3 nitrogen and oxygen atoms in total. The highest BCUT2D eigenvalue weighted by molar-refractivity contribution is 6.30. The van der Waals surface area contributed by atoms with Crippen LogP contribution in [0.3, 0.4) is 0 Å². The number of rotatable bonds is 4. The van der Waals surface area contributed by atoms with Crippen LogP contribution in [-0.2, 0) is 15.9 Å². The highest BCUT2D eigenvalue weighted by Crippen LogP contribution is 2.35. The Hall–Kier alpha value is -0.610. The third kappa shape index (κ3) is 3.98. The molecule has 1 aromatic rings. The summed E-state index contributed by atoms with van der Waals surface area (Å²) < 4.78 is 11.6. The van der Waals surface area contributed by atoms with Crippen molar-refractivity contribution < 1.29 is 9.47 Å². The lowest BCUT2D eigenvalue weighted by molar-refractivity contribution is -0.179. The summed E-state index contributed by atoms with van der Waals surface area (Å²) in [5.74, 6) is -0.256. The molecule has 1 aromatic carbocycles. The molecule has 0 bridgehead atoms. The average molecular weight is 310 g/mol. The zero-order valence-electron chi connectivity index (χ0n) is 12.6. The quantitative estimate of drug-likeness (QED) is 0.922. The first-order chi connectivity index (χ1) is 10.2. The molecule has 1 saturated heterocycles. The van der Waals surface area contributed by atoms with Gasteiger partial charge in [-0.3, -0.25) is 0 Å². The van der Waals surface area contributed by atoms with E-state index >= 15 is 0 Å². The predicted molar refractivity (Wildman–Crippen MR) is 84.6 cm³/mol. The standard InChI is InChI=1S/C17H24ClNO2/c1-13(11-14-3-2-4-15(18)12-14)19-16-5-7-17(8-6-16)20-9-10-21-17/h2-4,12-13,16,19H,5-11H2,1H3. The fraction of sp³-hybridized carbons (Fsp3) is 0.647. The monoisotopic (exact) mass is 309 g/mol. The molecule has 1 aliphatic heterocycles. The zero-order valence-corrected chi connectivity index (χ0v) is 13.4. The summed E-state index contributed by atoms with van der Waals surface area (Å²) in [4.78, 5) is 0. The number of nitrogens with one attached hydrogen (secondary N) is 1. The third-order valence-corrected chi connectivity index (χ3v) is 4.75. The molecule has 1 unspecified atom stereocenters. The van der Waals surface area contributed by atoms with Crippen LogP contribution in [0.1, 0.15) is 38.2 Å². The van der Waals surface area contributed by atoms with Gasteiger partial charge < -0.3 is 14.8 Å². The summed E-state index contributed by atoms with van der Waals surface area (Å²) in [7, 11) is 0. The number of benzene rings is 1. The van der Waals surface area contributed by atoms with Crippen molar-refractivity contribution in [2.24, 2.45) is 0 Å². The fourth-order valence-corrected chi connectivity index (χ4v) is 3.70. The van der Waals surface area contributed by atoms with Crippen LogP contribution in [0.5, 0.6) is 0 Å². The van der Waals surface area contributed by atoms with Crippen molar-refractivity contribution in [1.29, 1.82) is 0 Å². The summed E-state index contributed by atoms with van der Waals surface area (Å²) in [6, 6.07) is 9.15. The second-order valence-corrected chi connectivity index (χ2v) is 6.72. The van der Waals surface area contributed by atoms with Gasteiger partial charge in [0.2, 0.25) is 0 Å². The van der Waals surface area contributed by atoms with Gasteiger partial charge in [0, 0.05) is 29.9 Å². The average Bonchev–Trinajstić information content (AvgIpc) is 2.90. The lowest BCUT2D eigenvalue weighted by Gasteiger charge is -2.36. The van der Waals surface area contributed by atoms with Gasteiger partial charge in [-0.05, 0) is 43.9 Å². The zero-order chi connectivity index (χ0) is 14.7. The number of hydrogen-bond donors (Lipinski definition) is 1. The van der Waals surface area contributed by atoms with Crippen molar-refractivity contribution in [1.82, 2.24) is 5.32 Å². The van der Waals surface area contributed by atoms with E-state index in [9.17, 15) is 0 Å². The summed E-state index contributed by atoms with van der Waals surface area (Å²) in [6.45, 7) is 3.75. The van der Waals surface area contributed by atoms with Crippen molar-refractivity contribution >= 4 is 11.6 Å². The van der Waals surface area contributed by atoms with E-state index in [0.717, 1.165) is 50.3 Å². The van der Waals surface area contributed by atoms with Crippen molar-refractivity contribution in [3.63, 3.8) is 0 Å². The second kappa shape index (κ2) is 6.66. The van der Waals surface area contributed by atoms with Gasteiger partial charge in [0.05, 0.1) is 13.2 Å². The molecule has 2 fully saturated rings. The van der Waals surface area contributed by atoms with E-state index in [2.05, 4.69) is 24.4 Å². The third-order valence-electron chi connectivity index (χ3n) is 4.51. The normalized spacial score (nSPS) is 23.5. The largest absolute Gasteiger partial charge is 0.348 e. The Morgan fingerprint density at radius 2 is 2.00 bits per heavy atom. The Bertz CT molecular complexity index is 464.